The molecule has 0 aliphatic rings. The van der Waals surface area contributed by atoms with Gasteiger partial charge in [-0.25, -0.2) is 9.97 Å². The number of hydrogen-bond acceptors (Lipinski definition) is 4. The van der Waals surface area contributed by atoms with Crippen LogP contribution in [0.4, 0.5) is 11.6 Å². The van der Waals surface area contributed by atoms with Gasteiger partial charge in [-0.05, 0) is 42.2 Å². The number of aryl methyl sites for hydroxylation is 2. The van der Waals surface area contributed by atoms with Crippen molar-refractivity contribution in [1.82, 2.24) is 9.97 Å². The van der Waals surface area contributed by atoms with Gasteiger partial charge in [-0.3, -0.25) is 0 Å². The summed E-state index contributed by atoms with van der Waals surface area (Å²) in [7, 11) is 0. The van der Waals surface area contributed by atoms with Gasteiger partial charge in [0.25, 0.3) is 0 Å². The highest BCUT2D eigenvalue weighted by molar-refractivity contribution is 5.70. The molecule has 0 atom stereocenters. The molecule has 1 aromatic heterocycles. The van der Waals surface area contributed by atoms with E-state index in [4.69, 9.17) is 5.73 Å². The molecule has 3 aromatic rings. The lowest BCUT2D eigenvalue weighted by Crippen LogP contribution is -2.03. The Morgan fingerprint density at radius 2 is 1.57 bits per heavy atom. The summed E-state index contributed by atoms with van der Waals surface area (Å²) in [6.07, 6.45) is 3.71. The first kappa shape index (κ1) is 15.2. The molecule has 0 aliphatic heterocycles. The number of aromatic nitrogens is 2. The van der Waals surface area contributed by atoms with E-state index in [-0.39, 0.29) is 0 Å². The second kappa shape index (κ2) is 6.58. The van der Waals surface area contributed by atoms with E-state index in [9.17, 15) is 0 Å². The van der Waals surface area contributed by atoms with Gasteiger partial charge in [-0.1, -0.05) is 36.4 Å². The molecule has 0 saturated heterocycles. The summed E-state index contributed by atoms with van der Waals surface area (Å²) in [4.78, 5) is 8.89. The Balaban J connectivity index is 1.88. The molecule has 4 nitrogen and oxygen atoms in total. The molecule has 1 heterocycles. The fourth-order valence-electron chi connectivity index (χ4n) is 2.73. The minimum Gasteiger partial charge on any atom is -0.326 e. The Hall–Kier alpha value is -2.72. The van der Waals surface area contributed by atoms with E-state index in [1.54, 1.807) is 0 Å². The monoisotopic (exact) mass is 304 g/mol. The molecule has 3 rings (SSSR count). The van der Waals surface area contributed by atoms with Gasteiger partial charge < -0.3 is 11.1 Å². The third kappa shape index (κ3) is 3.22. The average molecular weight is 304 g/mol. The summed E-state index contributed by atoms with van der Waals surface area (Å²) in [5.74, 6) is 0.570. The van der Waals surface area contributed by atoms with Crippen LogP contribution in [0.3, 0.4) is 0 Å². The van der Waals surface area contributed by atoms with Gasteiger partial charge in [0.1, 0.15) is 0 Å². The van der Waals surface area contributed by atoms with E-state index < -0.39 is 0 Å². The Morgan fingerprint density at radius 3 is 2.22 bits per heavy atom. The Labute approximate surface area is 136 Å². The van der Waals surface area contributed by atoms with Crippen molar-refractivity contribution in [3.05, 3.63) is 71.5 Å². The van der Waals surface area contributed by atoms with Gasteiger partial charge in [-0.2, -0.15) is 0 Å². The van der Waals surface area contributed by atoms with Crippen LogP contribution in [0.1, 0.15) is 16.7 Å². The Bertz CT molecular complexity index is 790. The predicted octanol–water partition coefficient (Wildman–Crippen LogP) is 3.96. The second-order valence-corrected chi connectivity index (χ2v) is 5.55. The lowest BCUT2D eigenvalue weighted by Gasteiger charge is -2.11. The van der Waals surface area contributed by atoms with E-state index >= 15 is 0 Å². The van der Waals surface area contributed by atoms with Crippen LogP contribution in [0.5, 0.6) is 0 Å². The van der Waals surface area contributed by atoms with Crippen LogP contribution >= 0.6 is 0 Å². The summed E-state index contributed by atoms with van der Waals surface area (Å²) < 4.78 is 0. The third-order valence-electron chi connectivity index (χ3n) is 3.91. The van der Waals surface area contributed by atoms with Gasteiger partial charge in [0, 0.05) is 30.2 Å². The molecule has 4 heteroatoms. The molecule has 116 valence electrons. The molecule has 0 spiro atoms. The van der Waals surface area contributed by atoms with Crippen molar-refractivity contribution in [3.8, 4) is 11.1 Å². The van der Waals surface area contributed by atoms with Crippen molar-refractivity contribution < 1.29 is 0 Å². The van der Waals surface area contributed by atoms with Crippen LogP contribution in [0.2, 0.25) is 0 Å². The lowest BCUT2D eigenvalue weighted by molar-refractivity contribution is 1.07. The summed E-state index contributed by atoms with van der Waals surface area (Å²) in [6, 6.07) is 14.2. The maximum absolute atomic E-state index is 5.76. The molecule has 0 unspecified atom stereocenters. The first-order chi connectivity index (χ1) is 11.2. The topological polar surface area (TPSA) is 63.8 Å². The van der Waals surface area contributed by atoms with E-state index in [2.05, 4.69) is 47.3 Å². The summed E-state index contributed by atoms with van der Waals surface area (Å²) in [5, 5.41) is 3.23. The quantitative estimate of drug-likeness (QED) is 0.765. The standard InChI is InChI=1S/C19H20N4/c1-13-6-5-7-14(2)18(13)16-11-21-19(22-12-16)23-17-9-4-3-8-15(17)10-20/h3-9,11-12H,10,20H2,1-2H3,(H,21,22,23). The fourth-order valence-corrected chi connectivity index (χ4v) is 2.73. The lowest BCUT2D eigenvalue weighted by atomic mass is 9.98. The van der Waals surface area contributed by atoms with Gasteiger partial charge >= 0.3 is 0 Å². The highest BCUT2D eigenvalue weighted by atomic mass is 15.1. The van der Waals surface area contributed by atoms with Crippen LogP contribution < -0.4 is 11.1 Å². The molecule has 0 aliphatic carbocycles. The minimum absolute atomic E-state index is 0.476. The molecule has 2 aromatic carbocycles. The number of anilines is 2. The molecule has 0 radical (unpaired) electrons. The first-order valence-electron chi connectivity index (χ1n) is 7.62. The third-order valence-corrected chi connectivity index (χ3v) is 3.91. The number of nitrogens with two attached hydrogens (primary N) is 1. The number of para-hydroxylation sites is 1. The van der Waals surface area contributed by atoms with E-state index in [0.29, 0.717) is 12.5 Å². The zero-order valence-electron chi connectivity index (χ0n) is 13.4. The predicted molar refractivity (Wildman–Crippen MR) is 94.6 cm³/mol. The first-order valence-corrected chi connectivity index (χ1v) is 7.62. The summed E-state index contributed by atoms with van der Waals surface area (Å²) in [5.41, 5.74) is 12.4. The maximum atomic E-state index is 5.76. The van der Waals surface area contributed by atoms with Crippen LogP contribution in [0, 0.1) is 13.8 Å². The van der Waals surface area contributed by atoms with E-state index in [1.807, 2.05) is 36.7 Å². The maximum Gasteiger partial charge on any atom is 0.227 e. The SMILES string of the molecule is Cc1cccc(C)c1-c1cnc(Nc2ccccc2CN)nc1. The zero-order valence-corrected chi connectivity index (χ0v) is 13.4. The van der Waals surface area contributed by atoms with Crippen LogP contribution in [0.25, 0.3) is 11.1 Å². The van der Waals surface area contributed by atoms with Crippen molar-refractivity contribution in [1.29, 1.82) is 0 Å². The fraction of sp³-hybridized carbons (Fsp3) is 0.158. The number of benzene rings is 2. The highest BCUT2D eigenvalue weighted by Crippen LogP contribution is 2.26. The molecule has 0 bridgehead atoms. The molecular formula is C19H20N4. The van der Waals surface area contributed by atoms with Crippen molar-refractivity contribution in [2.24, 2.45) is 5.73 Å². The van der Waals surface area contributed by atoms with Gasteiger partial charge in [-0.15, -0.1) is 0 Å². The number of nitrogens with one attached hydrogen (secondary N) is 1. The zero-order chi connectivity index (χ0) is 16.2. The Kier molecular flexibility index (Phi) is 4.35. The number of rotatable bonds is 4. The second-order valence-electron chi connectivity index (χ2n) is 5.55. The van der Waals surface area contributed by atoms with Gasteiger partial charge in [0.2, 0.25) is 5.95 Å². The van der Waals surface area contributed by atoms with Crippen LogP contribution in [0.15, 0.2) is 54.9 Å². The highest BCUT2D eigenvalue weighted by Gasteiger charge is 2.07. The Morgan fingerprint density at radius 1 is 0.913 bits per heavy atom. The van der Waals surface area contributed by atoms with E-state index in [0.717, 1.165) is 16.8 Å². The van der Waals surface area contributed by atoms with Crippen LogP contribution in [-0.2, 0) is 6.54 Å². The average Bonchev–Trinajstić information content (AvgIpc) is 2.57. The molecule has 0 saturated carbocycles. The molecule has 23 heavy (non-hydrogen) atoms. The van der Waals surface area contributed by atoms with Gasteiger partial charge in [0.15, 0.2) is 0 Å². The molecule has 3 N–H and O–H groups in total. The van der Waals surface area contributed by atoms with Gasteiger partial charge in [0.05, 0.1) is 0 Å². The summed E-state index contributed by atoms with van der Waals surface area (Å²) >= 11 is 0. The van der Waals surface area contributed by atoms with Crippen LogP contribution in [-0.4, -0.2) is 9.97 Å². The van der Waals surface area contributed by atoms with Crippen molar-refractivity contribution in [2.75, 3.05) is 5.32 Å². The largest absolute Gasteiger partial charge is 0.326 e. The normalized spacial score (nSPS) is 10.6. The number of hydrogen-bond donors (Lipinski definition) is 2. The minimum atomic E-state index is 0.476. The molecular weight excluding hydrogens is 284 g/mol. The molecule has 0 amide bonds. The molecule has 0 fully saturated rings. The summed E-state index contributed by atoms with van der Waals surface area (Å²) in [6.45, 7) is 4.68. The van der Waals surface area contributed by atoms with Crippen molar-refractivity contribution in [3.63, 3.8) is 0 Å². The van der Waals surface area contributed by atoms with Crippen molar-refractivity contribution >= 4 is 11.6 Å². The smallest absolute Gasteiger partial charge is 0.227 e. The number of nitrogens with zero attached hydrogens (tertiary/aromatic N) is 2. The van der Waals surface area contributed by atoms with Crippen molar-refractivity contribution in [2.45, 2.75) is 20.4 Å². The van der Waals surface area contributed by atoms with E-state index in [1.165, 1.54) is 16.7 Å².